The van der Waals surface area contributed by atoms with Gasteiger partial charge in [-0.05, 0) is 23.6 Å². The Labute approximate surface area is 183 Å². The summed E-state index contributed by atoms with van der Waals surface area (Å²) in [4.78, 5) is 18.4. The maximum atomic E-state index is 11.8. The summed E-state index contributed by atoms with van der Waals surface area (Å²) in [5.74, 6) is 1.47. The largest absolute Gasteiger partial charge is 0.381 e. The molecule has 1 atom stereocenters. The summed E-state index contributed by atoms with van der Waals surface area (Å²) in [7, 11) is 3.87. The third kappa shape index (κ3) is 6.34. The quantitative estimate of drug-likeness (QED) is 0.380. The van der Waals surface area contributed by atoms with Gasteiger partial charge in [-0.3, -0.25) is 9.79 Å². The van der Waals surface area contributed by atoms with Crippen LogP contribution in [0.2, 0.25) is 0 Å². The lowest BCUT2D eigenvalue weighted by Crippen LogP contribution is -2.41. The van der Waals surface area contributed by atoms with Gasteiger partial charge in [0.25, 0.3) is 5.56 Å². The van der Waals surface area contributed by atoms with Gasteiger partial charge in [-0.15, -0.1) is 24.0 Å². The number of aromatic nitrogens is 1. The molecule has 2 aromatic rings. The van der Waals surface area contributed by atoms with Gasteiger partial charge in [0.2, 0.25) is 0 Å². The molecule has 152 valence electrons. The molecule has 1 fully saturated rings. The fraction of sp³-hybridized carbons (Fsp3) is 0.429. The number of aliphatic imine (C=N–C) groups is 1. The first kappa shape index (κ1) is 22.4. The van der Waals surface area contributed by atoms with Crippen molar-refractivity contribution in [2.24, 2.45) is 10.9 Å². The second-order valence-corrected chi connectivity index (χ2v) is 6.99. The predicted octanol–water partition coefficient (Wildman–Crippen LogP) is 2.56. The zero-order chi connectivity index (χ0) is 19.1. The van der Waals surface area contributed by atoms with Crippen molar-refractivity contribution in [2.45, 2.75) is 19.5 Å². The van der Waals surface area contributed by atoms with E-state index in [1.165, 1.54) is 5.56 Å². The van der Waals surface area contributed by atoms with Crippen LogP contribution in [0.4, 0.5) is 0 Å². The molecule has 0 aliphatic carbocycles. The first-order chi connectivity index (χ1) is 13.2. The standard InChI is InChI=1S/C21H28N4O2.HI/c1-22-21(24(2)14-19-10-12-27-16-19)23-13-17-6-8-18(9-7-17)15-25-11-4-3-5-20(25)26;/h3-9,11,19H,10,12-16H2,1-2H3,(H,22,23);1H. The molecule has 0 amide bonds. The number of benzene rings is 1. The molecule has 1 N–H and O–H groups in total. The van der Waals surface area contributed by atoms with Gasteiger partial charge >= 0.3 is 0 Å². The Balaban J connectivity index is 0.00000280. The van der Waals surface area contributed by atoms with Crippen LogP contribution >= 0.6 is 24.0 Å². The second-order valence-electron chi connectivity index (χ2n) is 6.99. The molecule has 7 heteroatoms. The van der Waals surface area contributed by atoms with E-state index in [0.29, 0.717) is 19.0 Å². The summed E-state index contributed by atoms with van der Waals surface area (Å²) < 4.78 is 7.16. The van der Waals surface area contributed by atoms with Crippen LogP contribution in [-0.2, 0) is 17.8 Å². The van der Waals surface area contributed by atoms with Crippen molar-refractivity contribution in [3.63, 3.8) is 0 Å². The number of rotatable bonds is 6. The van der Waals surface area contributed by atoms with Crippen molar-refractivity contribution < 1.29 is 4.74 Å². The number of halogens is 1. The van der Waals surface area contributed by atoms with Crippen LogP contribution in [0.15, 0.2) is 58.4 Å². The van der Waals surface area contributed by atoms with E-state index in [9.17, 15) is 4.79 Å². The van der Waals surface area contributed by atoms with E-state index in [2.05, 4.69) is 46.5 Å². The lowest BCUT2D eigenvalue weighted by Gasteiger charge is -2.24. The van der Waals surface area contributed by atoms with Crippen molar-refractivity contribution in [1.82, 2.24) is 14.8 Å². The van der Waals surface area contributed by atoms with Gasteiger partial charge in [-0.2, -0.15) is 0 Å². The molecule has 1 aromatic heterocycles. The highest BCUT2D eigenvalue weighted by atomic mass is 127. The molecule has 0 radical (unpaired) electrons. The van der Waals surface area contributed by atoms with Crippen LogP contribution in [0.5, 0.6) is 0 Å². The SMILES string of the molecule is CN=C(NCc1ccc(Cn2ccccc2=O)cc1)N(C)CC1CCOC1.I. The predicted molar refractivity (Wildman–Crippen MR) is 123 cm³/mol. The molecule has 0 saturated carbocycles. The lowest BCUT2D eigenvalue weighted by atomic mass is 10.1. The van der Waals surface area contributed by atoms with Gasteiger partial charge in [0.15, 0.2) is 5.96 Å². The molecule has 1 aliphatic rings. The molecule has 6 nitrogen and oxygen atoms in total. The van der Waals surface area contributed by atoms with Crippen molar-refractivity contribution >= 4 is 29.9 Å². The number of guanidine groups is 1. The van der Waals surface area contributed by atoms with Gasteiger partial charge < -0.3 is 19.5 Å². The third-order valence-corrected chi connectivity index (χ3v) is 4.85. The van der Waals surface area contributed by atoms with E-state index in [1.807, 2.05) is 19.3 Å². The monoisotopic (exact) mass is 496 g/mol. The number of nitrogens with zero attached hydrogens (tertiary/aromatic N) is 3. The molecule has 0 spiro atoms. The van der Waals surface area contributed by atoms with Crippen LogP contribution in [-0.4, -0.2) is 49.3 Å². The number of hydrogen-bond donors (Lipinski definition) is 1. The van der Waals surface area contributed by atoms with Crippen LogP contribution in [0.3, 0.4) is 0 Å². The van der Waals surface area contributed by atoms with Crippen LogP contribution < -0.4 is 10.9 Å². The van der Waals surface area contributed by atoms with Crippen LogP contribution in [0, 0.1) is 5.92 Å². The molecule has 1 aromatic carbocycles. The highest BCUT2D eigenvalue weighted by Gasteiger charge is 2.18. The molecule has 0 bridgehead atoms. The summed E-state index contributed by atoms with van der Waals surface area (Å²) >= 11 is 0. The van der Waals surface area contributed by atoms with Gasteiger partial charge in [0.05, 0.1) is 13.2 Å². The number of hydrogen-bond acceptors (Lipinski definition) is 3. The Bertz CT molecular complexity index is 814. The minimum Gasteiger partial charge on any atom is -0.381 e. The number of nitrogens with one attached hydrogen (secondary N) is 1. The highest BCUT2D eigenvalue weighted by molar-refractivity contribution is 14.0. The molecular formula is C21H29IN4O2. The fourth-order valence-electron chi connectivity index (χ4n) is 3.32. The Kier molecular flexibility index (Phi) is 8.98. The van der Waals surface area contributed by atoms with E-state index in [4.69, 9.17) is 4.74 Å². The Hall–Kier alpha value is -1.87. The Morgan fingerprint density at radius 3 is 2.64 bits per heavy atom. The smallest absolute Gasteiger partial charge is 0.250 e. The number of pyridine rings is 1. The average molecular weight is 496 g/mol. The molecule has 1 saturated heterocycles. The average Bonchev–Trinajstić information content (AvgIpc) is 3.18. The first-order valence-electron chi connectivity index (χ1n) is 9.38. The van der Waals surface area contributed by atoms with Crippen molar-refractivity contribution in [3.8, 4) is 0 Å². The molecular weight excluding hydrogens is 467 g/mol. The zero-order valence-corrected chi connectivity index (χ0v) is 18.8. The molecule has 2 heterocycles. The first-order valence-corrected chi connectivity index (χ1v) is 9.38. The van der Waals surface area contributed by atoms with Crippen LogP contribution in [0.1, 0.15) is 17.5 Å². The Morgan fingerprint density at radius 2 is 2.00 bits per heavy atom. The van der Waals surface area contributed by atoms with E-state index >= 15 is 0 Å². The van der Waals surface area contributed by atoms with Gasteiger partial charge in [-0.25, -0.2) is 0 Å². The van der Waals surface area contributed by atoms with E-state index in [1.54, 1.807) is 16.7 Å². The summed E-state index contributed by atoms with van der Waals surface area (Å²) in [6.45, 7) is 3.95. The maximum Gasteiger partial charge on any atom is 0.250 e. The molecule has 1 aliphatic heterocycles. The van der Waals surface area contributed by atoms with Crippen LogP contribution in [0.25, 0.3) is 0 Å². The van der Waals surface area contributed by atoms with Crippen molar-refractivity contribution in [3.05, 3.63) is 70.1 Å². The minimum absolute atomic E-state index is 0. The van der Waals surface area contributed by atoms with E-state index < -0.39 is 0 Å². The maximum absolute atomic E-state index is 11.8. The summed E-state index contributed by atoms with van der Waals surface area (Å²) in [5, 5.41) is 3.42. The topological polar surface area (TPSA) is 58.9 Å². The van der Waals surface area contributed by atoms with Gasteiger partial charge in [0.1, 0.15) is 0 Å². The lowest BCUT2D eigenvalue weighted by molar-refractivity contribution is 0.181. The summed E-state index contributed by atoms with van der Waals surface area (Å²) in [6, 6.07) is 13.5. The fourth-order valence-corrected chi connectivity index (χ4v) is 3.32. The summed E-state index contributed by atoms with van der Waals surface area (Å²) in [5.41, 5.74) is 2.30. The number of ether oxygens (including phenoxy) is 1. The van der Waals surface area contributed by atoms with Gasteiger partial charge in [-0.1, -0.05) is 30.3 Å². The molecule has 1 unspecified atom stereocenters. The normalized spacial score (nSPS) is 16.5. The summed E-state index contributed by atoms with van der Waals surface area (Å²) in [6.07, 6.45) is 2.93. The highest BCUT2D eigenvalue weighted by Crippen LogP contribution is 2.13. The third-order valence-electron chi connectivity index (χ3n) is 4.85. The molecule has 3 rings (SSSR count). The minimum atomic E-state index is 0. The zero-order valence-electron chi connectivity index (χ0n) is 16.5. The Morgan fingerprint density at radius 1 is 1.25 bits per heavy atom. The van der Waals surface area contributed by atoms with Crippen molar-refractivity contribution in [2.75, 3.05) is 33.9 Å². The van der Waals surface area contributed by atoms with E-state index in [-0.39, 0.29) is 29.5 Å². The molecule has 28 heavy (non-hydrogen) atoms. The second kappa shape index (κ2) is 11.2. The van der Waals surface area contributed by atoms with Crippen molar-refractivity contribution in [1.29, 1.82) is 0 Å². The van der Waals surface area contributed by atoms with E-state index in [0.717, 1.165) is 37.7 Å². The van der Waals surface area contributed by atoms with Gasteiger partial charge in [0, 0.05) is 52.0 Å².